The first-order valence-corrected chi connectivity index (χ1v) is 15.5. The molecule has 9 nitrogen and oxygen atoms in total. The van der Waals surface area contributed by atoms with E-state index in [1.165, 1.54) is 11.1 Å². The fourth-order valence-electron chi connectivity index (χ4n) is 6.41. The number of hydrogen-bond acceptors (Lipinski definition) is 7. The summed E-state index contributed by atoms with van der Waals surface area (Å²) in [4.78, 5) is 35.3. The van der Waals surface area contributed by atoms with Gasteiger partial charge in [-0.05, 0) is 38.6 Å². The van der Waals surface area contributed by atoms with E-state index in [-0.39, 0.29) is 55.0 Å². The third-order valence-electron chi connectivity index (χ3n) is 8.74. The Bertz CT molecular complexity index is 1880. The lowest BCUT2D eigenvalue weighted by atomic mass is 9.94. The van der Waals surface area contributed by atoms with Crippen molar-refractivity contribution < 1.29 is 18.3 Å². The van der Waals surface area contributed by atoms with Gasteiger partial charge in [0.2, 0.25) is 6.54 Å². The number of pyridine rings is 1. The van der Waals surface area contributed by atoms with Gasteiger partial charge in [0.15, 0.2) is 11.6 Å². The molecule has 0 N–H and O–H groups in total. The van der Waals surface area contributed by atoms with Gasteiger partial charge in [0, 0.05) is 59.9 Å². The molecule has 4 aromatic rings. The van der Waals surface area contributed by atoms with Crippen molar-refractivity contribution in [2.75, 3.05) is 44.2 Å². The zero-order chi connectivity index (χ0) is 32.7. The minimum Gasteiger partial charge on any atom is -0.462 e. The number of ether oxygens (including phenoxy) is 1. The summed E-state index contributed by atoms with van der Waals surface area (Å²) >= 11 is 6.58. The number of hydrogen-bond donors (Lipinski definition) is 0. The van der Waals surface area contributed by atoms with Crippen molar-refractivity contribution in [2.45, 2.75) is 44.8 Å². The summed E-state index contributed by atoms with van der Waals surface area (Å²) in [5.74, 6) is -2.23. The van der Waals surface area contributed by atoms with Crippen LogP contribution in [0.5, 0.6) is 6.01 Å². The van der Waals surface area contributed by atoms with Crippen molar-refractivity contribution in [3.8, 4) is 17.3 Å². The molecule has 1 unspecified atom stereocenters. The molecule has 238 valence electrons. The number of aromatic nitrogens is 3. The summed E-state index contributed by atoms with van der Waals surface area (Å²) in [6.07, 6.45) is 2.48. The molecule has 0 saturated carbocycles. The maximum Gasteiger partial charge on any atom is 0.319 e. The van der Waals surface area contributed by atoms with Crippen molar-refractivity contribution in [3.05, 3.63) is 77.3 Å². The first-order valence-electron chi connectivity index (χ1n) is 15.1. The van der Waals surface area contributed by atoms with Crippen LogP contribution in [0.25, 0.3) is 37.8 Å². The van der Waals surface area contributed by atoms with Crippen molar-refractivity contribution in [1.29, 1.82) is 0 Å². The Labute approximate surface area is 271 Å². The molecule has 2 atom stereocenters. The van der Waals surface area contributed by atoms with Gasteiger partial charge in [-0.1, -0.05) is 48.5 Å². The summed E-state index contributed by atoms with van der Waals surface area (Å²) in [7, 11) is 0. The van der Waals surface area contributed by atoms with Crippen LogP contribution in [0.15, 0.2) is 55.0 Å². The van der Waals surface area contributed by atoms with Gasteiger partial charge >= 0.3 is 6.01 Å². The highest BCUT2D eigenvalue weighted by atomic mass is 35.5. The number of anilines is 1. The van der Waals surface area contributed by atoms with Gasteiger partial charge in [-0.25, -0.2) is 15.4 Å². The predicted molar refractivity (Wildman–Crippen MR) is 175 cm³/mol. The second kappa shape index (κ2) is 12.4. The molecule has 2 saturated heterocycles. The predicted octanol–water partition coefficient (Wildman–Crippen LogP) is 6.31. The molecule has 4 heterocycles. The summed E-state index contributed by atoms with van der Waals surface area (Å²) in [5, 5.41) is 2.33. The molecule has 1 amide bonds. The third kappa shape index (κ3) is 5.83. The van der Waals surface area contributed by atoms with Gasteiger partial charge in [0.05, 0.1) is 5.39 Å². The number of halogens is 3. The lowest BCUT2D eigenvalue weighted by molar-refractivity contribution is -0.131. The monoisotopic (exact) mass is 645 g/mol. The molecule has 0 aliphatic carbocycles. The minimum absolute atomic E-state index is 0.00707. The lowest BCUT2D eigenvalue weighted by Gasteiger charge is -2.49. The van der Waals surface area contributed by atoms with Crippen LogP contribution in [-0.2, 0) is 4.79 Å². The zero-order valence-corrected chi connectivity index (χ0v) is 26.7. The van der Waals surface area contributed by atoms with Crippen LogP contribution >= 0.6 is 11.6 Å². The van der Waals surface area contributed by atoms with Crippen molar-refractivity contribution in [2.24, 2.45) is 0 Å². The number of fused-ring (bicyclic) bond motifs is 2. The van der Waals surface area contributed by atoms with Gasteiger partial charge in [-0.15, -0.1) is 0 Å². The Morgan fingerprint density at radius 3 is 2.59 bits per heavy atom. The molecule has 0 radical (unpaired) electrons. The van der Waals surface area contributed by atoms with Crippen molar-refractivity contribution in [1.82, 2.24) is 24.8 Å². The van der Waals surface area contributed by atoms with Gasteiger partial charge in [0.25, 0.3) is 5.91 Å². The molecule has 2 aliphatic heterocycles. The summed E-state index contributed by atoms with van der Waals surface area (Å²) < 4.78 is 36.7. The molecule has 46 heavy (non-hydrogen) atoms. The molecule has 6 rings (SSSR count). The molecule has 2 aromatic carbocycles. The van der Waals surface area contributed by atoms with E-state index in [9.17, 15) is 9.18 Å². The summed E-state index contributed by atoms with van der Waals surface area (Å²) in [5.41, 5.74) is 0.597. The van der Waals surface area contributed by atoms with Crippen LogP contribution in [0.2, 0.25) is 5.02 Å². The first kappa shape index (κ1) is 31.6. The van der Waals surface area contributed by atoms with E-state index in [0.29, 0.717) is 33.8 Å². The van der Waals surface area contributed by atoms with E-state index in [1.807, 2.05) is 29.2 Å². The van der Waals surface area contributed by atoms with Crippen LogP contribution < -0.4 is 9.64 Å². The van der Waals surface area contributed by atoms with Gasteiger partial charge in [-0.3, -0.25) is 14.7 Å². The highest BCUT2D eigenvalue weighted by Gasteiger charge is 2.38. The van der Waals surface area contributed by atoms with E-state index >= 15 is 4.39 Å². The number of carbonyl (C=O) groups is 1. The normalized spacial score (nSPS) is 18.8. The Morgan fingerprint density at radius 1 is 1.15 bits per heavy atom. The summed E-state index contributed by atoms with van der Waals surface area (Å²) in [6.45, 7) is 18.8. The fraction of sp³-hybridized carbons (Fsp3) is 0.382. The summed E-state index contributed by atoms with van der Waals surface area (Å²) in [6, 6.07) is 10.5. The van der Waals surface area contributed by atoms with Crippen LogP contribution in [-0.4, -0.2) is 87.6 Å². The SMILES string of the molecule is [C-]#[N+]C[C@H]1CN(c2nc(OCC3CCN3C(C)(C)C)nc3c(F)c(-c4cccc5cccc(Cl)c45)ncc23)CCN1C(=O)C(=C)F. The average molecular weight is 646 g/mol. The molecule has 2 fully saturated rings. The second-order valence-corrected chi connectivity index (χ2v) is 13.0. The standard InChI is InChI=1S/C34H34ClF2N7O2/c1-20(36)32(45)43-15-14-42(18-23(43)16-38-5)31-25-17-39-29(24-10-6-8-21-9-7-11-26(35)27(21)24)28(37)30(25)40-33(41-31)46-19-22-12-13-44(22)34(2,3)4/h6-11,17,22-23H,1,12-16,18-19H2,2-4H3/t22?,23-/m0/s1. The Balaban J connectivity index is 1.44. The maximum atomic E-state index is 16.7. The second-order valence-electron chi connectivity index (χ2n) is 12.6. The van der Waals surface area contributed by atoms with Crippen LogP contribution in [0.1, 0.15) is 27.2 Å². The zero-order valence-electron chi connectivity index (χ0n) is 25.9. The van der Waals surface area contributed by atoms with Crippen molar-refractivity contribution >= 4 is 45.0 Å². The number of nitrogens with zero attached hydrogens (tertiary/aromatic N) is 7. The average Bonchev–Trinajstić information content (AvgIpc) is 2.99. The number of benzene rings is 2. The Morgan fingerprint density at radius 2 is 1.91 bits per heavy atom. The largest absolute Gasteiger partial charge is 0.462 e. The van der Waals surface area contributed by atoms with Gasteiger partial charge < -0.3 is 19.4 Å². The van der Waals surface area contributed by atoms with E-state index in [2.05, 4.69) is 47.1 Å². The minimum atomic E-state index is -1.08. The number of amides is 1. The highest BCUT2D eigenvalue weighted by molar-refractivity contribution is 6.36. The lowest BCUT2D eigenvalue weighted by Crippen LogP contribution is -2.59. The van der Waals surface area contributed by atoms with Gasteiger partial charge in [0.1, 0.15) is 29.7 Å². The van der Waals surface area contributed by atoms with E-state index in [4.69, 9.17) is 27.9 Å². The number of carbonyl (C=O) groups excluding carboxylic acids is 1. The van der Waals surface area contributed by atoms with Crippen LogP contribution in [0, 0.1) is 12.4 Å². The Kier molecular flexibility index (Phi) is 8.53. The number of rotatable bonds is 7. The molecule has 0 bridgehead atoms. The van der Waals surface area contributed by atoms with Crippen LogP contribution in [0.4, 0.5) is 14.6 Å². The van der Waals surface area contributed by atoms with Gasteiger partial charge in [-0.2, -0.15) is 9.97 Å². The highest BCUT2D eigenvalue weighted by Crippen LogP contribution is 2.38. The molecule has 12 heteroatoms. The topological polar surface area (TPSA) is 79.1 Å². The molecular formula is C34H34ClF2N7O2. The quantitative estimate of drug-likeness (QED) is 0.172. The van der Waals surface area contributed by atoms with Crippen molar-refractivity contribution in [3.63, 3.8) is 0 Å². The third-order valence-corrected chi connectivity index (χ3v) is 9.06. The smallest absolute Gasteiger partial charge is 0.319 e. The molecular weight excluding hydrogens is 612 g/mol. The van der Waals surface area contributed by atoms with E-state index in [0.717, 1.165) is 18.4 Å². The molecule has 0 spiro atoms. The first-order chi connectivity index (χ1) is 22.0. The Hall–Kier alpha value is -4.40. The van der Waals surface area contributed by atoms with Crippen LogP contribution in [0.3, 0.4) is 0 Å². The number of piperazine rings is 1. The molecule has 2 aromatic heterocycles. The maximum absolute atomic E-state index is 16.7. The van der Waals surface area contributed by atoms with E-state index in [1.54, 1.807) is 12.1 Å². The number of likely N-dealkylation sites (tertiary alicyclic amines) is 1. The molecule has 2 aliphatic rings. The fourth-order valence-corrected chi connectivity index (χ4v) is 6.69. The van der Waals surface area contributed by atoms with E-state index < -0.39 is 23.6 Å².